The molecule has 0 amide bonds. The van der Waals surface area contributed by atoms with Crippen LogP contribution in [0.5, 0.6) is 0 Å². The first kappa shape index (κ1) is 11.8. The van der Waals surface area contributed by atoms with Crippen LogP contribution in [0.3, 0.4) is 0 Å². The maximum absolute atomic E-state index is 10.7. The minimum Gasteiger partial charge on any atom is -0.428 e. The highest BCUT2D eigenvalue weighted by Crippen LogP contribution is 2.03. The first-order valence-corrected chi connectivity index (χ1v) is 4.19. The van der Waals surface area contributed by atoms with Crippen molar-refractivity contribution >= 4 is 29.2 Å². The molecule has 0 spiro atoms. The number of ether oxygens (including phenoxy) is 1. The lowest BCUT2D eigenvalue weighted by molar-refractivity contribution is -0.137. The Labute approximate surface area is 81.9 Å². The normalized spacial score (nSPS) is 11.5. The van der Waals surface area contributed by atoms with Gasteiger partial charge < -0.3 is 9.64 Å². The summed E-state index contributed by atoms with van der Waals surface area (Å²) in [6, 6.07) is 0. The summed E-state index contributed by atoms with van der Waals surface area (Å²) in [5.41, 5.74) is 0. The van der Waals surface area contributed by atoms with E-state index in [1.807, 2.05) is 19.0 Å². The zero-order valence-electron chi connectivity index (χ0n) is 6.96. The van der Waals surface area contributed by atoms with Gasteiger partial charge in [0.2, 0.25) is 0 Å². The molecular weight excluding hydrogens is 201 g/mol. The fourth-order valence-electron chi connectivity index (χ4n) is 0.487. The van der Waals surface area contributed by atoms with E-state index in [0.717, 1.165) is 0 Å². The molecule has 0 aliphatic rings. The highest BCUT2D eigenvalue weighted by Gasteiger charge is 2.02. The van der Waals surface area contributed by atoms with Gasteiger partial charge in [-0.1, -0.05) is 29.3 Å². The Morgan fingerprint density at radius 2 is 2.17 bits per heavy atom. The summed E-state index contributed by atoms with van der Waals surface area (Å²) in [4.78, 5) is 12.6. The summed E-state index contributed by atoms with van der Waals surface area (Å²) in [5, 5.41) is -1.10. The van der Waals surface area contributed by atoms with Crippen LogP contribution < -0.4 is 0 Å². The zero-order chi connectivity index (χ0) is 9.56. The number of carbonyl (C=O) groups is 1. The standard InChI is InChI=1S/C7H11Cl2NO2/c1-10(2)5-3-4-6(11)12-7(8)9/h3-4,7H,5H2,1-2H3/b4-3+. The van der Waals surface area contributed by atoms with E-state index in [2.05, 4.69) is 4.74 Å². The lowest BCUT2D eigenvalue weighted by Gasteiger charge is -2.03. The number of carbonyl (C=O) groups excluding carboxylic acids is 1. The monoisotopic (exact) mass is 211 g/mol. The van der Waals surface area contributed by atoms with Crippen LogP contribution in [0.4, 0.5) is 0 Å². The van der Waals surface area contributed by atoms with Crippen molar-refractivity contribution in [1.82, 2.24) is 4.90 Å². The minimum absolute atomic E-state index is 0.535. The SMILES string of the molecule is CN(C)C/C=C/C(=O)OC(Cl)Cl. The number of esters is 1. The first-order valence-electron chi connectivity index (χ1n) is 3.32. The molecule has 0 heterocycles. The Morgan fingerprint density at radius 1 is 1.58 bits per heavy atom. The second-order valence-corrected chi connectivity index (χ2v) is 3.38. The second-order valence-electron chi connectivity index (χ2n) is 2.36. The van der Waals surface area contributed by atoms with Crippen molar-refractivity contribution in [3.63, 3.8) is 0 Å². The van der Waals surface area contributed by atoms with E-state index in [0.29, 0.717) is 6.54 Å². The number of halogens is 2. The molecule has 0 aromatic carbocycles. The van der Waals surface area contributed by atoms with Gasteiger partial charge >= 0.3 is 5.97 Å². The van der Waals surface area contributed by atoms with Crippen LogP contribution >= 0.6 is 23.2 Å². The summed E-state index contributed by atoms with van der Waals surface area (Å²) in [6.07, 6.45) is 2.95. The van der Waals surface area contributed by atoms with Crippen molar-refractivity contribution in [2.24, 2.45) is 0 Å². The Morgan fingerprint density at radius 3 is 2.58 bits per heavy atom. The third-order valence-electron chi connectivity index (χ3n) is 0.930. The molecule has 0 fully saturated rings. The molecule has 0 bridgehead atoms. The number of likely N-dealkylation sites (N-methyl/N-ethyl adjacent to an activating group) is 1. The Hall–Kier alpha value is -0.250. The number of rotatable bonds is 4. The average Bonchev–Trinajstić information content (AvgIpc) is 1.84. The van der Waals surface area contributed by atoms with Gasteiger partial charge in [-0.2, -0.15) is 0 Å². The fraction of sp³-hybridized carbons (Fsp3) is 0.571. The van der Waals surface area contributed by atoms with Gasteiger partial charge in [-0.25, -0.2) is 4.79 Å². The fourth-order valence-corrected chi connectivity index (χ4v) is 0.662. The molecule has 0 atom stereocenters. The average molecular weight is 212 g/mol. The molecule has 70 valence electrons. The third kappa shape index (κ3) is 7.85. The summed E-state index contributed by atoms with van der Waals surface area (Å²) in [5.74, 6) is -0.535. The summed E-state index contributed by atoms with van der Waals surface area (Å²) < 4.78 is 4.42. The predicted molar refractivity (Wildman–Crippen MR) is 49.3 cm³/mol. The van der Waals surface area contributed by atoms with Gasteiger partial charge in [0.25, 0.3) is 5.02 Å². The van der Waals surface area contributed by atoms with Crippen LogP contribution in [0.15, 0.2) is 12.2 Å². The molecule has 0 rings (SSSR count). The Kier molecular flexibility index (Phi) is 6.16. The summed E-state index contributed by atoms with van der Waals surface area (Å²) >= 11 is 10.4. The van der Waals surface area contributed by atoms with Crippen molar-refractivity contribution in [1.29, 1.82) is 0 Å². The van der Waals surface area contributed by atoms with Crippen LogP contribution in [0.2, 0.25) is 0 Å². The number of alkyl halides is 2. The topological polar surface area (TPSA) is 29.5 Å². The highest BCUT2D eigenvalue weighted by molar-refractivity contribution is 6.43. The summed E-state index contributed by atoms with van der Waals surface area (Å²) in [6.45, 7) is 0.671. The lowest BCUT2D eigenvalue weighted by atomic mass is 10.5. The smallest absolute Gasteiger partial charge is 0.332 e. The third-order valence-corrected chi connectivity index (χ3v) is 1.11. The molecule has 0 aliphatic heterocycles. The molecular formula is C7H11Cl2NO2. The van der Waals surface area contributed by atoms with Gasteiger partial charge in [0, 0.05) is 12.6 Å². The van der Waals surface area contributed by atoms with Crippen molar-refractivity contribution in [3.8, 4) is 0 Å². The van der Waals surface area contributed by atoms with Crippen LogP contribution in [0.25, 0.3) is 0 Å². The van der Waals surface area contributed by atoms with E-state index in [1.54, 1.807) is 6.08 Å². The van der Waals surface area contributed by atoms with E-state index < -0.39 is 11.0 Å². The number of hydrogen-bond acceptors (Lipinski definition) is 3. The van der Waals surface area contributed by atoms with E-state index >= 15 is 0 Å². The van der Waals surface area contributed by atoms with Crippen molar-refractivity contribution < 1.29 is 9.53 Å². The van der Waals surface area contributed by atoms with Crippen molar-refractivity contribution in [2.45, 2.75) is 5.02 Å². The summed E-state index contributed by atoms with van der Waals surface area (Å²) in [7, 11) is 3.78. The largest absolute Gasteiger partial charge is 0.428 e. The van der Waals surface area contributed by atoms with Crippen LogP contribution in [0.1, 0.15) is 0 Å². The van der Waals surface area contributed by atoms with Crippen LogP contribution in [-0.4, -0.2) is 36.5 Å². The van der Waals surface area contributed by atoms with E-state index in [4.69, 9.17) is 23.2 Å². The lowest BCUT2D eigenvalue weighted by Crippen LogP contribution is -2.11. The molecule has 0 aromatic rings. The van der Waals surface area contributed by atoms with Gasteiger partial charge in [0.15, 0.2) is 0 Å². The van der Waals surface area contributed by atoms with Crippen LogP contribution in [0, 0.1) is 0 Å². The maximum Gasteiger partial charge on any atom is 0.332 e. The molecule has 5 heteroatoms. The van der Waals surface area contributed by atoms with Gasteiger partial charge in [-0.15, -0.1) is 0 Å². The van der Waals surface area contributed by atoms with Crippen molar-refractivity contribution in [3.05, 3.63) is 12.2 Å². The molecule has 0 saturated carbocycles. The minimum atomic E-state index is -1.10. The van der Waals surface area contributed by atoms with E-state index in [9.17, 15) is 4.79 Å². The van der Waals surface area contributed by atoms with Gasteiger partial charge in [0.1, 0.15) is 0 Å². The molecule has 0 radical (unpaired) electrons. The van der Waals surface area contributed by atoms with Gasteiger partial charge in [-0.3, -0.25) is 0 Å². The van der Waals surface area contributed by atoms with Crippen molar-refractivity contribution in [2.75, 3.05) is 20.6 Å². The van der Waals surface area contributed by atoms with Gasteiger partial charge in [0.05, 0.1) is 0 Å². The molecule has 3 nitrogen and oxygen atoms in total. The zero-order valence-corrected chi connectivity index (χ0v) is 8.47. The number of hydrogen-bond donors (Lipinski definition) is 0. The molecule has 0 unspecified atom stereocenters. The molecule has 0 saturated heterocycles. The Bertz CT molecular complexity index is 169. The molecule has 0 aromatic heterocycles. The second kappa shape index (κ2) is 6.29. The quantitative estimate of drug-likeness (QED) is 0.401. The number of nitrogens with zero attached hydrogens (tertiary/aromatic N) is 1. The molecule has 0 N–H and O–H groups in total. The first-order chi connectivity index (χ1) is 5.52. The predicted octanol–water partition coefficient (Wildman–Crippen LogP) is 1.41. The van der Waals surface area contributed by atoms with Crippen LogP contribution in [-0.2, 0) is 9.53 Å². The van der Waals surface area contributed by atoms with Gasteiger partial charge in [-0.05, 0) is 14.1 Å². The molecule has 12 heavy (non-hydrogen) atoms. The highest BCUT2D eigenvalue weighted by atomic mass is 35.5. The maximum atomic E-state index is 10.7. The molecule has 0 aliphatic carbocycles. The van der Waals surface area contributed by atoms with E-state index in [-0.39, 0.29) is 0 Å². The Balaban J connectivity index is 3.61. The van der Waals surface area contributed by atoms with E-state index in [1.165, 1.54) is 6.08 Å².